The molecule has 212 valence electrons. The van der Waals surface area contributed by atoms with Gasteiger partial charge in [-0.1, -0.05) is 54.1 Å². The molecule has 0 aromatic heterocycles. The minimum Gasteiger partial charge on any atom is -0.486 e. The number of hydrogen-bond donors (Lipinski definition) is 0. The van der Waals surface area contributed by atoms with E-state index in [-0.39, 0.29) is 19.1 Å². The molecule has 0 saturated carbocycles. The van der Waals surface area contributed by atoms with Crippen molar-refractivity contribution in [3.8, 4) is 23.0 Å². The van der Waals surface area contributed by atoms with Crippen molar-refractivity contribution in [3.05, 3.63) is 107 Å². The van der Waals surface area contributed by atoms with Gasteiger partial charge < -0.3 is 18.9 Å². The molecule has 0 fully saturated rings. The van der Waals surface area contributed by atoms with Crippen LogP contribution in [0.15, 0.2) is 84.9 Å². The molecule has 42 heavy (non-hydrogen) atoms. The van der Waals surface area contributed by atoms with Gasteiger partial charge >= 0.3 is 5.97 Å². The number of rotatable bonds is 7. The average molecular weight is 561 g/mol. The maximum absolute atomic E-state index is 12.2. The third kappa shape index (κ3) is 5.40. The predicted octanol–water partition coefficient (Wildman–Crippen LogP) is 7.89. The molecule has 0 saturated heterocycles. The van der Waals surface area contributed by atoms with Gasteiger partial charge in [-0.05, 0) is 91.2 Å². The number of aryl methyl sites for hydroxylation is 1. The van der Waals surface area contributed by atoms with E-state index in [4.69, 9.17) is 18.9 Å². The highest BCUT2D eigenvalue weighted by atomic mass is 16.6. The van der Waals surface area contributed by atoms with Crippen LogP contribution in [-0.4, -0.2) is 31.1 Å². The van der Waals surface area contributed by atoms with Crippen LogP contribution >= 0.6 is 0 Å². The Bertz CT molecular complexity index is 1830. The molecule has 6 rings (SSSR count). The molecule has 0 amide bonds. The van der Waals surface area contributed by atoms with Crippen LogP contribution in [0.1, 0.15) is 48.9 Å². The van der Waals surface area contributed by atoms with E-state index in [1.807, 2.05) is 81.4 Å². The zero-order valence-electron chi connectivity index (χ0n) is 24.1. The van der Waals surface area contributed by atoms with E-state index in [0.717, 1.165) is 56.0 Å². The summed E-state index contributed by atoms with van der Waals surface area (Å²) in [6.45, 7) is 7.44. The van der Waals surface area contributed by atoms with Crippen molar-refractivity contribution in [1.29, 1.82) is 0 Å². The Morgan fingerprint density at radius 2 is 1.43 bits per heavy atom. The van der Waals surface area contributed by atoms with Crippen LogP contribution < -0.4 is 14.2 Å². The number of carbonyl (C=O) groups excluding carboxylic acids is 2. The van der Waals surface area contributed by atoms with E-state index in [2.05, 4.69) is 31.2 Å². The molecule has 1 heterocycles. The van der Waals surface area contributed by atoms with Gasteiger partial charge in [0.25, 0.3) is 0 Å². The Morgan fingerprint density at radius 3 is 2.00 bits per heavy atom. The second-order valence-electron chi connectivity index (χ2n) is 11.5. The number of esters is 1. The lowest BCUT2D eigenvalue weighted by molar-refractivity contribution is -0.157. The number of aldehydes is 1. The van der Waals surface area contributed by atoms with Gasteiger partial charge in [0.05, 0.1) is 0 Å². The maximum Gasteiger partial charge on any atom is 0.344 e. The molecular weight excluding hydrogens is 528 g/mol. The van der Waals surface area contributed by atoms with Crippen molar-refractivity contribution in [3.63, 3.8) is 0 Å². The third-order valence-electron chi connectivity index (χ3n) is 7.25. The average Bonchev–Trinajstić information content (AvgIpc) is 2.96. The van der Waals surface area contributed by atoms with Crippen molar-refractivity contribution in [2.75, 3.05) is 13.2 Å². The molecule has 1 aliphatic rings. The molecule has 6 nitrogen and oxygen atoms in total. The van der Waals surface area contributed by atoms with E-state index in [1.54, 1.807) is 0 Å². The lowest BCUT2D eigenvalue weighted by Crippen LogP contribution is -2.27. The van der Waals surface area contributed by atoms with Crippen LogP contribution in [-0.2, 0) is 14.3 Å². The summed E-state index contributed by atoms with van der Waals surface area (Å²) in [4.78, 5) is 23.1. The van der Waals surface area contributed by atoms with E-state index in [1.165, 1.54) is 5.56 Å². The van der Waals surface area contributed by atoms with Crippen LogP contribution in [0.25, 0.3) is 21.5 Å². The first-order valence-corrected chi connectivity index (χ1v) is 14.0. The molecule has 0 aliphatic carbocycles. The second kappa shape index (κ2) is 10.9. The van der Waals surface area contributed by atoms with E-state index in [9.17, 15) is 9.59 Å². The molecule has 5 aromatic carbocycles. The van der Waals surface area contributed by atoms with Gasteiger partial charge in [0, 0.05) is 17.0 Å². The molecule has 0 radical (unpaired) electrons. The maximum atomic E-state index is 12.2. The summed E-state index contributed by atoms with van der Waals surface area (Å²) < 4.78 is 23.3. The summed E-state index contributed by atoms with van der Waals surface area (Å²) in [6, 6.07) is 28.4. The highest BCUT2D eigenvalue weighted by molar-refractivity contribution is 5.96. The summed E-state index contributed by atoms with van der Waals surface area (Å²) >= 11 is 0. The molecule has 1 atom stereocenters. The topological polar surface area (TPSA) is 71.1 Å². The second-order valence-corrected chi connectivity index (χ2v) is 11.5. The number of fused-ring (bicyclic) bond motifs is 6. The Labute approximate surface area is 244 Å². The normalized spacial score (nSPS) is 14.0. The minimum absolute atomic E-state index is 0.00825. The molecule has 0 bridgehead atoms. The Morgan fingerprint density at radius 1 is 0.810 bits per heavy atom. The Balaban J connectivity index is 1.47. The Kier molecular flexibility index (Phi) is 7.07. The molecule has 6 heteroatoms. The zero-order valence-corrected chi connectivity index (χ0v) is 24.1. The van der Waals surface area contributed by atoms with E-state index >= 15 is 0 Å². The fourth-order valence-corrected chi connectivity index (χ4v) is 5.67. The predicted molar refractivity (Wildman–Crippen MR) is 163 cm³/mol. The SMILES string of the molecule is Cc1cccc(C2c3c(ccc4cc(OCC=O)ccc34)Oc3ccc4cc(OCC(=O)OC(C)(C)C)ccc4c32)c1. The molecule has 0 spiro atoms. The lowest BCUT2D eigenvalue weighted by Gasteiger charge is -2.31. The quantitative estimate of drug-likeness (QED) is 0.146. The first-order chi connectivity index (χ1) is 20.2. The van der Waals surface area contributed by atoms with Crippen LogP contribution in [0.2, 0.25) is 0 Å². The molecular formula is C36H32O6. The number of hydrogen-bond acceptors (Lipinski definition) is 6. The van der Waals surface area contributed by atoms with Crippen molar-refractivity contribution < 1.29 is 28.5 Å². The van der Waals surface area contributed by atoms with Gasteiger partial charge in [0.1, 0.15) is 35.2 Å². The number of carbonyl (C=O) groups is 2. The van der Waals surface area contributed by atoms with Crippen molar-refractivity contribution in [1.82, 2.24) is 0 Å². The van der Waals surface area contributed by atoms with E-state index in [0.29, 0.717) is 11.5 Å². The van der Waals surface area contributed by atoms with Crippen LogP contribution in [0.3, 0.4) is 0 Å². The first-order valence-electron chi connectivity index (χ1n) is 14.0. The summed E-state index contributed by atoms with van der Waals surface area (Å²) in [5, 5.41) is 4.07. The fourth-order valence-electron chi connectivity index (χ4n) is 5.67. The Hall–Kier alpha value is -4.84. The first kappa shape index (κ1) is 27.3. The van der Waals surface area contributed by atoms with Crippen molar-refractivity contribution in [2.24, 2.45) is 0 Å². The van der Waals surface area contributed by atoms with Gasteiger partial charge in [-0.3, -0.25) is 4.79 Å². The van der Waals surface area contributed by atoms with Gasteiger partial charge in [-0.2, -0.15) is 0 Å². The van der Waals surface area contributed by atoms with Crippen LogP contribution in [0.5, 0.6) is 23.0 Å². The highest BCUT2D eigenvalue weighted by Gasteiger charge is 2.32. The van der Waals surface area contributed by atoms with Crippen LogP contribution in [0, 0.1) is 6.92 Å². The fraction of sp³-hybridized carbons (Fsp3) is 0.222. The minimum atomic E-state index is -0.571. The largest absolute Gasteiger partial charge is 0.486 e. The van der Waals surface area contributed by atoms with E-state index < -0.39 is 11.6 Å². The standard InChI is InChI=1S/C36H32O6/c1-22-6-5-7-25(18-22)33-34-28-12-10-26(39-17-16-37)19-23(28)8-14-30(34)41-31-15-9-24-20-27(11-13-29(24)35(31)33)40-21-32(38)42-36(2,3)4/h5-16,18-20,33H,17,21H2,1-4H3. The molecule has 1 unspecified atom stereocenters. The lowest BCUT2D eigenvalue weighted by atomic mass is 9.78. The molecule has 0 N–H and O–H groups in total. The number of ether oxygens (including phenoxy) is 4. The third-order valence-corrected chi connectivity index (χ3v) is 7.25. The zero-order chi connectivity index (χ0) is 29.4. The van der Waals surface area contributed by atoms with Gasteiger partial charge in [-0.25, -0.2) is 4.79 Å². The van der Waals surface area contributed by atoms with Crippen molar-refractivity contribution in [2.45, 2.75) is 39.2 Å². The number of benzene rings is 5. The molecule has 5 aromatic rings. The van der Waals surface area contributed by atoms with Crippen molar-refractivity contribution >= 4 is 33.8 Å². The summed E-state index contributed by atoms with van der Waals surface area (Å²) in [6.07, 6.45) is 0.745. The van der Waals surface area contributed by atoms with Gasteiger partial charge in [0.15, 0.2) is 12.9 Å². The summed E-state index contributed by atoms with van der Waals surface area (Å²) in [7, 11) is 0. The van der Waals surface area contributed by atoms with Crippen LogP contribution in [0.4, 0.5) is 0 Å². The summed E-state index contributed by atoms with van der Waals surface area (Å²) in [5.74, 6) is 2.32. The van der Waals surface area contributed by atoms with Gasteiger partial charge in [0.2, 0.25) is 0 Å². The highest BCUT2D eigenvalue weighted by Crippen LogP contribution is 2.52. The van der Waals surface area contributed by atoms with Gasteiger partial charge in [-0.15, -0.1) is 0 Å². The summed E-state index contributed by atoms with van der Waals surface area (Å²) in [5.41, 5.74) is 3.90. The monoisotopic (exact) mass is 560 g/mol. The smallest absolute Gasteiger partial charge is 0.344 e. The molecule has 1 aliphatic heterocycles.